The highest BCUT2D eigenvalue weighted by Gasteiger charge is 2.20. The Balaban J connectivity index is 1.91. The van der Waals surface area contributed by atoms with E-state index >= 15 is 0 Å². The standard InChI is InChI=1S/C19H18BrN3O/c1-13-6-8-14(9-7-13)18(24)12-23-11-17(22(2)19(23)21)15-4-3-5-16(20)10-15/h3-11,21H,12H2,1-2H3/p+1. The van der Waals surface area contributed by atoms with Crippen molar-refractivity contribution in [3.05, 3.63) is 70.3 Å². The summed E-state index contributed by atoms with van der Waals surface area (Å²) in [6.45, 7) is 2.22. The molecule has 5 heteroatoms. The lowest BCUT2D eigenvalue weighted by Gasteiger charge is -2.01. The summed E-state index contributed by atoms with van der Waals surface area (Å²) >= 11 is 3.48. The number of ketones is 1. The van der Waals surface area contributed by atoms with Gasteiger partial charge < -0.3 is 0 Å². The maximum Gasteiger partial charge on any atom is 0.355 e. The van der Waals surface area contributed by atoms with E-state index < -0.39 is 0 Å². The highest BCUT2D eigenvalue weighted by molar-refractivity contribution is 9.10. The van der Waals surface area contributed by atoms with E-state index in [1.807, 2.05) is 73.3 Å². The molecule has 0 atom stereocenters. The summed E-state index contributed by atoms with van der Waals surface area (Å²) in [7, 11) is 1.90. The second-order valence-corrected chi connectivity index (χ2v) is 6.77. The average molecular weight is 385 g/mol. The molecule has 0 saturated heterocycles. The van der Waals surface area contributed by atoms with Gasteiger partial charge in [0.1, 0.15) is 18.4 Å². The van der Waals surface area contributed by atoms with Crippen LogP contribution in [0.3, 0.4) is 0 Å². The number of halogens is 1. The first-order chi connectivity index (χ1) is 11.5. The van der Waals surface area contributed by atoms with E-state index in [1.165, 1.54) is 0 Å². The molecule has 0 aliphatic rings. The molecular formula is C19H19BrN3O+. The van der Waals surface area contributed by atoms with Gasteiger partial charge in [-0.25, -0.2) is 9.13 Å². The van der Waals surface area contributed by atoms with Crippen LogP contribution in [0, 0.1) is 6.92 Å². The normalized spacial score (nSPS) is 10.8. The summed E-state index contributed by atoms with van der Waals surface area (Å²) in [5.74, 6) is 0.587. The van der Waals surface area contributed by atoms with Crippen molar-refractivity contribution in [3.8, 4) is 11.3 Å². The lowest BCUT2D eigenvalue weighted by molar-refractivity contribution is -0.667. The third kappa shape index (κ3) is 3.26. The summed E-state index contributed by atoms with van der Waals surface area (Å²) in [6, 6.07) is 15.6. The maximum atomic E-state index is 12.5. The fourth-order valence-corrected chi connectivity index (χ4v) is 3.04. The molecule has 3 rings (SSSR count). The van der Waals surface area contributed by atoms with Gasteiger partial charge in [-0.15, -0.1) is 0 Å². The first-order valence-electron chi connectivity index (χ1n) is 7.66. The molecule has 3 aromatic rings. The van der Waals surface area contributed by atoms with Crippen molar-refractivity contribution in [2.45, 2.75) is 13.5 Å². The molecule has 2 aromatic carbocycles. The second kappa shape index (κ2) is 6.61. The number of carbonyl (C=O) groups is 1. The van der Waals surface area contributed by atoms with Gasteiger partial charge in [0.15, 0.2) is 5.78 Å². The number of imidazole rings is 1. The zero-order valence-electron chi connectivity index (χ0n) is 13.7. The molecular weight excluding hydrogens is 366 g/mol. The molecule has 0 aliphatic heterocycles. The number of anilines is 1. The number of carbonyl (C=O) groups excluding carboxylic acids is 1. The molecule has 0 fully saturated rings. The lowest BCUT2D eigenvalue weighted by atomic mass is 10.1. The summed E-state index contributed by atoms with van der Waals surface area (Å²) in [4.78, 5) is 12.5. The quantitative estimate of drug-likeness (QED) is 0.552. The van der Waals surface area contributed by atoms with Crippen molar-refractivity contribution in [3.63, 3.8) is 0 Å². The minimum absolute atomic E-state index is 0.0399. The van der Waals surface area contributed by atoms with Gasteiger partial charge in [-0.3, -0.25) is 10.5 Å². The first kappa shape index (κ1) is 16.5. The highest BCUT2D eigenvalue weighted by atomic mass is 79.9. The van der Waals surface area contributed by atoms with Gasteiger partial charge in [0.25, 0.3) is 0 Å². The minimum Gasteiger partial charge on any atom is -0.291 e. The average Bonchev–Trinajstić information content (AvgIpc) is 2.84. The van der Waals surface area contributed by atoms with Gasteiger partial charge in [-0.1, -0.05) is 57.9 Å². The van der Waals surface area contributed by atoms with E-state index in [1.54, 1.807) is 4.57 Å². The van der Waals surface area contributed by atoms with E-state index in [-0.39, 0.29) is 12.3 Å². The predicted molar refractivity (Wildman–Crippen MR) is 98.7 cm³/mol. The van der Waals surface area contributed by atoms with Crippen LogP contribution in [-0.2, 0) is 13.6 Å². The van der Waals surface area contributed by atoms with Crippen LogP contribution >= 0.6 is 15.9 Å². The molecule has 0 aliphatic carbocycles. The van der Waals surface area contributed by atoms with Gasteiger partial charge in [-0.2, -0.15) is 0 Å². The molecule has 2 N–H and O–H groups in total. The molecule has 0 spiro atoms. The zero-order chi connectivity index (χ0) is 17.3. The molecule has 1 aromatic heterocycles. The van der Waals surface area contributed by atoms with Gasteiger partial charge in [0.05, 0.1) is 7.05 Å². The topological polar surface area (TPSA) is 51.9 Å². The van der Waals surface area contributed by atoms with Crippen LogP contribution in [0.15, 0.2) is 59.2 Å². The number of nitrogen functional groups attached to an aromatic ring is 1. The third-order valence-corrected chi connectivity index (χ3v) is 4.58. The molecule has 0 radical (unpaired) electrons. The van der Waals surface area contributed by atoms with Crippen LogP contribution in [0.1, 0.15) is 15.9 Å². The number of nitrogens with zero attached hydrogens (tertiary/aromatic N) is 2. The van der Waals surface area contributed by atoms with Crippen LogP contribution in [0.2, 0.25) is 0 Å². The molecule has 1 heterocycles. The van der Waals surface area contributed by atoms with Crippen molar-refractivity contribution in [2.24, 2.45) is 7.05 Å². The molecule has 0 saturated carbocycles. The van der Waals surface area contributed by atoms with Crippen LogP contribution in [0.25, 0.3) is 11.3 Å². The van der Waals surface area contributed by atoms with Gasteiger partial charge in [0, 0.05) is 15.6 Å². The van der Waals surface area contributed by atoms with E-state index in [0.717, 1.165) is 21.3 Å². The number of nitrogens with two attached hydrogens (primary N) is 1. The van der Waals surface area contributed by atoms with Crippen LogP contribution in [-0.4, -0.2) is 10.4 Å². The Labute approximate surface area is 149 Å². The smallest absolute Gasteiger partial charge is 0.291 e. The Kier molecular flexibility index (Phi) is 4.53. The number of aryl methyl sites for hydroxylation is 1. The van der Waals surface area contributed by atoms with E-state index in [0.29, 0.717) is 11.5 Å². The van der Waals surface area contributed by atoms with Gasteiger partial charge >= 0.3 is 5.95 Å². The molecule has 4 nitrogen and oxygen atoms in total. The number of aromatic nitrogens is 2. The molecule has 24 heavy (non-hydrogen) atoms. The van der Waals surface area contributed by atoms with Crippen molar-refractivity contribution in [2.75, 3.05) is 5.73 Å². The Morgan fingerprint density at radius 1 is 1.21 bits per heavy atom. The summed E-state index contributed by atoms with van der Waals surface area (Å²) < 4.78 is 4.69. The SMILES string of the molecule is Cc1ccc(C(=O)C[n+]2cc(-c3cccc(Br)c3)n(C)c2N)cc1. The van der Waals surface area contributed by atoms with Crippen LogP contribution in [0.4, 0.5) is 5.95 Å². The summed E-state index contributed by atoms with van der Waals surface area (Å²) in [5.41, 5.74) is 10.0. The molecule has 0 amide bonds. The van der Waals surface area contributed by atoms with Crippen molar-refractivity contribution >= 4 is 27.7 Å². The van der Waals surface area contributed by atoms with Crippen LogP contribution in [0.5, 0.6) is 0 Å². The van der Waals surface area contributed by atoms with E-state index in [4.69, 9.17) is 5.73 Å². The first-order valence-corrected chi connectivity index (χ1v) is 8.45. The van der Waals surface area contributed by atoms with Gasteiger partial charge in [-0.05, 0) is 19.1 Å². The Morgan fingerprint density at radius 3 is 2.58 bits per heavy atom. The Hall–Kier alpha value is -2.40. The number of rotatable bonds is 4. The number of benzene rings is 2. The summed E-state index contributed by atoms with van der Waals surface area (Å²) in [6.07, 6.45) is 1.92. The van der Waals surface area contributed by atoms with Gasteiger partial charge in [0.2, 0.25) is 0 Å². The largest absolute Gasteiger partial charge is 0.355 e. The zero-order valence-corrected chi connectivity index (χ0v) is 15.2. The molecule has 0 unspecified atom stereocenters. The number of Topliss-reactive ketones (excluding diaryl/α,β-unsaturated/α-hetero) is 1. The predicted octanol–water partition coefficient (Wildman–Crippen LogP) is 3.52. The maximum absolute atomic E-state index is 12.5. The Bertz CT molecular complexity index is 897. The highest BCUT2D eigenvalue weighted by Crippen LogP contribution is 2.23. The second-order valence-electron chi connectivity index (χ2n) is 5.86. The van der Waals surface area contributed by atoms with Crippen molar-refractivity contribution in [1.29, 1.82) is 0 Å². The van der Waals surface area contributed by atoms with Crippen molar-refractivity contribution < 1.29 is 9.36 Å². The molecule has 0 bridgehead atoms. The lowest BCUT2D eigenvalue weighted by Crippen LogP contribution is -2.39. The fourth-order valence-electron chi connectivity index (χ4n) is 2.64. The summed E-state index contributed by atoms with van der Waals surface area (Å²) in [5, 5.41) is 0. The van der Waals surface area contributed by atoms with E-state index in [9.17, 15) is 4.79 Å². The minimum atomic E-state index is 0.0399. The monoisotopic (exact) mass is 384 g/mol. The number of hydrogen-bond donors (Lipinski definition) is 1. The third-order valence-electron chi connectivity index (χ3n) is 4.09. The van der Waals surface area contributed by atoms with Crippen LogP contribution < -0.4 is 10.3 Å². The van der Waals surface area contributed by atoms with E-state index in [2.05, 4.69) is 15.9 Å². The Morgan fingerprint density at radius 2 is 1.92 bits per heavy atom. The molecule has 122 valence electrons. The van der Waals surface area contributed by atoms with Crippen molar-refractivity contribution in [1.82, 2.24) is 4.57 Å². The fraction of sp³-hybridized carbons (Fsp3) is 0.158. The number of hydrogen-bond acceptors (Lipinski definition) is 2.